The Balaban J connectivity index is 1.68. The van der Waals surface area contributed by atoms with E-state index in [1.165, 1.54) is 0 Å². The molecular weight excluding hydrogens is 557 g/mol. The van der Waals surface area contributed by atoms with Crippen molar-refractivity contribution in [3.63, 3.8) is 0 Å². The molecule has 0 amide bonds. The number of fused-ring (bicyclic) bond motifs is 1. The minimum atomic E-state index is -0.560. The molecule has 0 aromatic heterocycles. The predicted molar refractivity (Wildman–Crippen MR) is 149 cm³/mol. The van der Waals surface area contributed by atoms with E-state index in [2.05, 4.69) is 20.2 Å². The van der Waals surface area contributed by atoms with Crippen molar-refractivity contribution < 1.29 is 28.5 Å². The van der Waals surface area contributed by atoms with Crippen LogP contribution in [0.5, 0.6) is 17.2 Å². The van der Waals surface area contributed by atoms with Crippen LogP contribution in [0.25, 0.3) is 0 Å². The Morgan fingerprint density at radius 2 is 1.84 bits per heavy atom. The second-order valence-electron chi connectivity index (χ2n) is 10.3. The van der Waals surface area contributed by atoms with Crippen LogP contribution in [-0.2, 0) is 16.7 Å². The van der Waals surface area contributed by atoms with E-state index in [1.807, 2.05) is 32.6 Å². The summed E-state index contributed by atoms with van der Waals surface area (Å²) in [5, 5.41) is 11.1. The predicted octanol–water partition coefficient (Wildman–Crippen LogP) is 5.22. The maximum absolute atomic E-state index is 15.6. The number of hydrogen-bond donors (Lipinski definition) is 1. The molecule has 2 aliphatic rings. The molecule has 4 rings (SSSR count). The molecule has 8 nitrogen and oxygen atoms in total. The van der Waals surface area contributed by atoms with Crippen LogP contribution >= 0.6 is 16.1 Å². The van der Waals surface area contributed by atoms with E-state index in [4.69, 9.17) is 14.2 Å². The SMILES string of the molecule is CCOc1cc2c(c(F)c1OCC)C(=NBr)N(CC(=O)c1cc(N3CCOCC3)c(O)c(C(C)(C)C)c1)C2. The standard InChI is InChI=1S/C28H35BrFN3O5/c1-6-37-22-14-18-15-33(27(31-29)23(18)24(30)26(22)38-7-2)16-21(34)17-12-19(28(3,4)5)25(35)20(13-17)32-8-10-36-11-9-32/h12-14,35H,6-11,15-16H2,1-5H3. The molecule has 2 heterocycles. The van der Waals surface area contributed by atoms with Gasteiger partial charge in [0.05, 0.1) is 60.4 Å². The van der Waals surface area contributed by atoms with E-state index in [0.29, 0.717) is 66.9 Å². The zero-order valence-corrected chi connectivity index (χ0v) is 24.2. The number of halogens is 2. The minimum absolute atomic E-state index is 0.0244. The normalized spacial score (nSPS) is 16.7. The fourth-order valence-electron chi connectivity index (χ4n) is 4.89. The zero-order valence-electron chi connectivity index (χ0n) is 22.6. The third-order valence-electron chi connectivity index (χ3n) is 6.73. The average molecular weight is 593 g/mol. The van der Waals surface area contributed by atoms with Gasteiger partial charge in [0.15, 0.2) is 23.1 Å². The zero-order chi connectivity index (χ0) is 27.6. The van der Waals surface area contributed by atoms with Crippen LogP contribution in [0.2, 0.25) is 0 Å². The Hall–Kier alpha value is -2.85. The molecule has 2 aliphatic heterocycles. The van der Waals surface area contributed by atoms with E-state index >= 15 is 4.39 Å². The van der Waals surface area contributed by atoms with Crippen LogP contribution in [0.4, 0.5) is 10.1 Å². The molecule has 1 N–H and O–H groups in total. The highest BCUT2D eigenvalue weighted by atomic mass is 79.9. The monoisotopic (exact) mass is 591 g/mol. The van der Waals surface area contributed by atoms with Crippen LogP contribution in [0.3, 0.4) is 0 Å². The molecule has 2 aromatic carbocycles. The number of carbonyl (C=O) groups excluding carboxylic acids is 1. The summed E-state index contributed by atoms with van der Waals surface area (Å²) in [4.78, 5) is 17.5. The number of hydrogen-bond acceptors (Lipinski definition) is 7. The average Bonchev–Trinajstić information content (AvgIpc) is 3.23. The maximum atomic E-state index is 15.6. The third kappa shape index (κ3) is 5.47. The van der Waals surface area contributed by atoms with Crippen LogP contribution in [0, 0.1) is 5.82 Å². The van der Waals surface area contributed by atoms with Crippen molar-refractivity contribution in [2.24, 2.45) is 4.02 Å². The molecular formula is C28H35BrFN3O5. The second kappa shape index (κ2) is 11.5. The summed E-state index contributed by atoms with van der Waals surface area (Å²) in [6.07, 6.45) is 0. The topological polar surface area (TPSA) is 83.8 Å². The summed E-state index contributed by atoms with van der Waals surface area (Å²) in [7, 11) is 0. The van der Waals surface area contributed by atoms with Gasteiger partial charge in [-0.15, -0.1) is 0 Å². The summed E-state index contributed by atoms with van der Waals surface area (Å²) >= 11 is 3.14. The number of phenolic OH excluding ortho intramolecular Hbond substituents is 1. The molecule has 0 saturated carbocycles. The van der Waals surface area contributed by atoms with E-state index in [-0.39, 0.29) is 48.0 Å². The number of rotatable bonds is 8. The lowest BCUT2D eigenvalue weighted by atomic mass is 9.84. The van der Waals surface area contributed by atoms with Gasteiger partial charge in [-0.2, -0.15) is 4.02 Å². The molecule has 0 aliphatic carbocycles. The lowest BCUT2D eigenvalue weighted by molar-refractivity contribution is 0.0963. The molecule has 0 radical (unpaired) electrons. The van der Waals surface area contributed by atoms with E-state index in [1.54, 1.807) is 30.0 Å². The number of nitrogens with zero attached hydrogens (tertiary/aromatic N) is 3. The highest BCUT2D eigenvalue weighted by molar-refractivity contribution is 9.08. The quantitative estimate of drug-likeness (QED) is 0.421. The highest BCUT2D eigenvalue weighted by Crippen LogP contribution is 2.41. The summed E-state index contributed by atoms with van der Waals surface area (Å²) in [6, 6.07) is 5.26. The molecule has 0 bridgehead atoms. The first-order chi connectivity index (χ1) is 18.1. The number of ketones is 1. The number of amidine groups is 1. The molecule has 0 spiro atoms. The molecule has 38 heavy (non-hydrogen) atoms. The maximum Gasteiger partial charge on any atom is 0.197 e. The number of anilines is 1. The lowest BCUT2D eigenvalue weighted by Crippen LogP contribution is -2.37. The largest absolute Gasteiger partial charge is 0.505 e. The van der Waals surface area contributed by atoms with Gasteiger partial charge in [0.1, 0.15) is 11.6 Å². The van der Waals surface area contributed by atoms with Gasteiger partial charge in [0.2, 0.25) is 0 Å². The first-order valence-electron chi connectivity index (χ1n) is 12.9. The number of morpholine rings is 1. The summed E-state index contributed by atoms with van der Waals surface area (Å²) in [5.41, 5.74) is 2.36. The van der Waals surface area contributed by atoms with Crippen LogP contribution in [0.1, 0.15) is 61.7 Å². The Bertz CT molecular complexity index is 1240. The molecule has 0 unspecified atom stereocenters. The van der Waals surface area contributed by atoms with Crippen molar-refractivity contribution in [1.29, 1.82) is 0 Å². The molecule has 1 saturated heterocycles. The summed E-state index contributed by atoms with van der Waals surface area (Å²) < 4.78 is 36.5. The first-order valence-corrected chi connectivity index (χ1v) is 13.6. The van der Waals surface area contributed by atoms with Crippen LogP contribution < -0.4 is 14.4 Å². The molecule has 1 fully saturated rings. The van der Waals surface area contributed by atoms with Crippen LogP contribution in [0.15, 0.2) is 22.2 Å². The number of aromatic hydroxyl groups is 1. The molecule has 2 aromatic rings. The summed E-state index contributed by atoms with van der Waals surface area (Å²) in [5.74, 6) is 0.145. The van der Waals surface area contributed by atoms with Gasteiger partial charge >= 0.3 is 0 Å². The third-order valence-corrected chi connectivity index (χ3v) is 7.06. The van der Waals surface area contributed by atoms with Crippen molar-refractivity contribution in [3.8, 4) is 17.2 Å². The van der Waals surface area contributed by atoms with Gasteiger partial charge in [0, 0.05) is 30.8 Å². The van der Waals surface area contributed by atoms with E-state index in [0.717, 1.165) is 0 Å². The Kier molecular flexibility index (Phi) is 8.52. The fourth-order valence-corrected chi connectivity index (χ4v) is 5.30. The summed E-state index contributed by atoms with van der Waals surface area (Å²) in [6.45, 7) is 12.9. The van der Waals surface area contributed by atoms with Gasteiger partial charge in [-0.25, -0.2) is 4.39 Å². The van der Waals surface area contributed by atoms with Crippen LogP contribution in [-0.4, -0.2) is 67.7 Å². The Labute approximate surface area is 231 Å². The number of carbonyl (C=O) groups is 1. The number of phenols is 1. The van der Waals surface area contributed by atoms with Gasteiger partial charge in [-0.1, -0.05) is 20.8 Å². The van der Waals surface area contributed by atoms with E-state index in [9.17, 15) is 9.90 Å². The van der Waals surface area contributed by atoms with Gasteiger partial charge in [-0.05, 0) is 43.0 Å². The van der Waals surface area contributed by atoms with Gasteiger partial charge in [-0.3, -0.25) is 4.79 Å². The number of benzene rings is 2. The number of Topliss-reactive ketones (excluding diaryl/α,β-unsaturated/α-hetero) is 1. The smallest absolute Gasteiger partial charge is 0.197 e. The first kappa shape index (κ1) is 28.2. The van der Waals surface area contributed by atoms with Crippen molar-refractivity contribution >= 4 is 33.5 Å². The minimum Gasteiger partial charge on any atom is -0.505 e. The molecule has 10 heteroatoms. The molecule has 0 atom stereocenters. The van der Waals surface area contributed by atoms with Crippen molar-refractivity contribution in [2.45, 2.75) is 46.6 Å². The lowest BCUT2D eigenvalue weighted by Gasteiger charge is -2.32. The van der Waals surface area contributed by atoms with Crippen molar-refractivity contribution in [3.05, 3.63) is 46.3 Å². The number of ether oxygens (including phenoxy) is 3. The van der Waals surface area contributed by atoms with Gasteiger partial charge < -0.3 is 29.1 Å². The van der Waals surface area contributed by atoms with Crippen molar-refractivity contribution in [2.75, 3.05) is 51.0 Å². The molecule has 206 valence electrons. The van der Waals surface area contributed by atoms with E-state index < -0.39 is 5.82 Å². The Morgan fingerprint density at radius 1 is 1.16 bits per heavy atom. The Morgan fingerprint density at radius 3 is 2.45 bits per heavy atom. The second-order valence-corrected chi connectivity index (χ2v) is 10.7. The fraction of sp³-hybridized carbons (Fsp3) is 0.500. The van der Waals surface area contributed by atoms with Crippen molar-refractivity contribution in [1.82, 2.24) is 4.90 Å². The highest BCUT2D eigenvalue weighted by Gasteiger charge is 2.34. The van der Waals surface area contributed by atoms with Gasteiger partial charge in [0.25, 0.3) is 0 Å².